The number of unbranched alkanes of at least 4 members (excludes halogenated alkanes) is 3. The van der Waals surface area contributed by atoms with Crippen molar-refractivity contribution in [1.29, 1.82) is 0 Å². The van der Waals surface area contributed by atoms with Crippen LogP contribution in [0.15, 0.2) is 36.4 Å². The van der Waals surface area contributed by atoms with E-state index in [1.165, 1.54) is 5.56 Å². The fourth-order valence-corrected chi connectivity index (χ4v) is 4.96. The number of benzene rings is 2. The van der Waals surface area contributed by atoms with Crippen molar-refractivity contribution in [3.8, 4) is 5.75 Å². The molecule has 0 saturated carbocycles. The molecule has 0 aromatic heterocycles. The number of halogens is 2. The van der Waals surface area contributed by atoms with E-state index in [9.17, 15) is 9.59 Å². The highest BCUT2D eigenvalue weighted by Gasteiger charge is 2.19. The molecule has 0 atom stereocenters. The Morgan fingerprint density at radius 3 is 2.55 bits per heavy atom. The highest BCUT2D eigenvalue weighted by atomic mass is 35.5. The summed E-state index contributed by atoms with van der Waals surface area (Å²) in [7, 11) is 0. The standard InChI is InChI=1S/C23H27Cl2N3O2.C6H12O2/c24-19-4-3-5-21(23(19)25)28-13-11-27(12-14-28)10-1-2-15-30-18-8-6-17-7-9-22(29)26-20(17)16-18;1-2-3-4-5-6(7)8/h3-6,8,16H,1-2,7,9-15H2,(H,26,29);2-5H2,1H3,(H,7,8). The van der Waals surface area contributed by atoms with Crippen molar-refractivity contribution in [2.45, 2.75) is 58.3 Å². The Balaban J connectivity index is 0.000000436. The number of amides is 1. The largest absolute Gasteiger partial charge is 0.494 e. The smallest absolute Gasteiger partial charge is 0.303 e. The van der Waals surface area contributed by atoms with Crippen LogP contribution in [-0.4, -0.2) is 61.2 Å². The lowest BCUT2D eigenvalue weighted by molar-refractivity contribution is -0.137. The molecule has 2 aromatic carbocycles. The van der Waals surface area contributed by atoms with Crippen LogP contribution in [0.4, 0.5) is 11.4 Å². The Morgan fingerprint density at radius 2 is 1.82 bits per heavy atom. The topological polar surface area (TPSA) is 82.1 Å². The second kappa shape index (κ2) is 15.8. The van der Waals surface area contributed by atoms with Gasteiger partial charge in [0.1, 0.15) is 5.75 Å². The molecule has 2 aliphatic rings. The highest BCUT2D eigenvalue weighted by molar-refractivity contribution is 6.43. The number of fused-ring (bicyclic) bond motifs is 1. The number of ether oxygens (including phenoxy) is 1. The molecule has 208 valence electrons. The molecule has 0 bridgehead atoms. The molecule has 1 amide bonds. The molecule has 2 heterocycles. The number of carboxylic acids is 1. The Kier molecular flexibility index (Phi) is 12.5. The fourth-order valence-electron chi connectivity index (χ4n) is 4.54. The first-order valence-electron chi connectivity index (χ1n) is 13.6. The average molecular weight is 565 g/mol. The molecule has 0 spiro atoms. The van der Waals surface area contributed by atoms with Crippen LogP contribution in [0.1, 0.15) is 57.4 Å². The van der Waals surface area contributed by atoms with E-state index in [-0.39, 0.29) is 5.91 Å². The second-order valence-corrected chi connectivity index (χ2v) is 10.5. The zero-order valence-corrected chi connectivity index (χ0v) is 23.7. The lowest BCUT2D eigenvalue weighted by Gasteiger charge is -2.36. The van der Waals surface area contributed by atoms with Gasteiger partial charge in [0.25, 0.3) is 0 Å². The summed E-state index contributed by atoms with van der Waals surface area (Å²) >= 11 is 12.5. The van der Waals surface area contributed by atoms with Crippen molar-refractivity contribution >= 4 is 46.5 Å². The van der Waals surface area contributed by atoms with Gasteiger partial charge in [-0.25, -0.2) is 0 Å². The predicted molar refractivity (Wildman–Crippen MR) is 155 cm³/mol. The van der Waals surface area contributed by atoms with E-state index in [4.69, 9.17) is 33.0 Å². The number of aliphatic carboxylic acids is 1. The van der Waals surface area contributed by atoms with Gasteiger partial charge in [0.2, 0.25) is 5.91 Å². The summed E-state index contributed by atoms with van der Waals surface area (Å²) in [5, 5.41) is 12.3. The highest BCUT2D eigenvalue weighted by Crippen LogP contribution is 2.33. The molecule has 2 aliphatic heterocycles. The first kappa shape index (κ1) is 30.1. The minimum Gasteiger partial charge on any atom is -0.494 e. The van der Waals surface area contributed by atoms with Gasteiger partial charge in [-0.2, -0.15) is 0 Å². The van der Waals surface area contributed by atoms with Crippen molar-refractivity contribution in [3.05, 3.63) is 52.0 Å². The number of carbonyl (C=O) groups excluding carboxylic acids is 1. The number of nitrogens with one attached hydrogen (secondary N) is 1. The molecule has 1 fully saturated rings. The van der Waals surface area contributed by atoms with Crippen molar-refractivity contribution in [3.63, 3.8) is 0 Å². The molecule has 2 aromatic rings. The molecule has 38 heavy (non-hydrogen) atoms. The van der Waals surface area contributed by atoms with Crippen molar-refractivity contribution in [2.75, 3.05) is 49.5 Å². The van der Waals surface area contributed by atoms with E-state index < -0.39 is 5.97 Å². The van der Waals surface area contributed by atoms with Crippen LogP contribution < -0.4 is 15.0 Å². The Hall–Kier alpha value is -2.48. The molecule has 0 aliphatic carbocycles. The lowest BCUT2D eigenvalue weighted by atomic mass is 10.0. The van der Waals surface area contributed by atoms with Gasteiger partial charge in [0.15, 0.2) is 0 Å². The third kappa shape index (κ3) is 9.68. The second-order valence-electron chi connectivity index (χ2n) is 9.68. The van der Waals surface area contributed by atoms with E-state index in [0.717, 1.165) is 88.4 Å². The minimum atomic E-state index is -0.682. The van der Waals surface area contributed by atoms with E-state index in [2.05, 4.69) is 28.1 Å². The number of carboxylic acid groups (broad SMARTS) is 1. The number of piperazine rings is 1. The third-order valence-electron chi connectivity index (χ3n) is 6.75. The van der Waals surface area contributed by atoms with Gasteiger partial charge < -0.3 is 20.1 Å². The number of aryl methyl sites for hydroxylation is 1. The van der Waals surface area contributed by atoms with Crippen LogP contribution >= 0.6 is 23.2 Å². The molecule has 2 N–H and O–H groups in total. The van der Waals surface area contributed by atoms with Gasteiger partial charge in [-0.1, -0.05) is 55.1 Å². The Labute approximate surface area is 236 Å². The van der Waals surface area contributed by atoms with Crippen LogP contribution in [-0.2, 0) is 16.0 Å². The SMILES string of the molecule is CCCCCC(=O)O.O=C1CCc2ccc(OCCCCN3CCN(c4cccc(Cl)c4Cl)CC3)cc2N1. The first-order valence-corrected chi connectivity index (χ1v) is 14.3. The number of nitrogens with zero attached hydrogens (tertiary/aromatic N) is 2. The van der Waals surface area contributed by atoms with Crippen LogP contribution in [0.25, 0.3) is 0 Å². The summed E-state index contributed by atoms with van der Waals surface area (Å²) in [6.07, 6.45) is 6.74. The summed E-state index contributed by atoms with van der Waals surface area (Å²) in [5.74, 6) is 0.221. The Morgan fingerprint density at radius 1 is 1.03 bits per heavy atom. The molecule has 7 nitrogen and oxygen atoms in total. The van der Waals surface area contributed by atoms with Gasteiger partial charge in [-0.15, -0.1) is 0 Å². The molecular formula is C29H39Cl2N3O4. The number of anilines is 2. The summed E-state index contributed by atoms with van der Waals surface area (Å²) in [6.45, 7) is 7.77. The molecule has 4 rings (SSSR count). The van der Waals surface area contributed by atoms with Crippen LogP contribution in [0.2, 0.25) is 10.0 Å². The van der Waals surface area contributed by atoms with Gasteiger partial charge >= 0.3 is 5.97 Å². The normalized spacial score (nSPS) is 15.2. The summed E-state index contributed by atoms with van der Waals surface area (Å²) in [4.78, 5) is 26.2. The lowest BCUT2D eigenvalue weighted by Crippen LogP contribution is -2.46. The number of rotatable bonds is 11. The quantitative estimate of drug-likeness (QED) is 0.303. The number of hydrogen-bond donors (Lipinski definition) is 2. The van der Waals surface area contributed by atoms with Crippen LogP contribution in [0.3, 0.4) is 0 Å². The Bertz CT molecular complexity index is 1060. The maximum Gasteiger partial charge on any atom is 0.303 e. The van der Waals surface area contributed by atoms with Crippen LogP contribution in [0.5, 0.6) is 5.75 Å². The van der Waals surface area contributed by atoms with E-state index in [0.29, 0.717) is 29.5 Å². The third-order valence-corrected chi connectivity index (χ3v) is 7.56. The maximum absolute atomic E-state index is 11.5. The van der Waals surface area contributed by atoms with Gasteiger partial charge in [0, 0.05) is 50.8 Å². The summed E-state index contributed by atoms with van der Waals surface area (Å²) < 4.78 is 5.89. The molecule has 1 saturated heterocycles. The van der Waals surface area contributed by atoms with Gasteiger partial charge in [-0.05, 0) is 56.0 Å². The summed E-state index contributed by atoms with van der Waals surface area (Å²) in [6, 6.07) is 11.8. The average Bonchev–Trinajstić information content (AvgIpc) is 2.91. The van der Waals surface area contributed by atoms with E-state index >= 15 is 0 Å². The molecule has 0 radical (unpaired) electrons. The van der Waals surface area contributed by atoms with Crippen LogP contribution in [0, 0.1) is 0 Å². The zero-order valence-electron chi connectivity index (χ0n) is 22.2. The van der Waals surface area contributed by atoms with Gasteiger partial charge in [-0.3, -0.25) is 14.5 Å². The van der Waals surface area contributed by atoms with Crippen molar-refractivity contribution in [2.24, 2.45) is 0 Å². The zero-order chi connectivity index (χ0) is 27.3. The monoisotopic (exact) mass is 563 g/mol. The minimum absolute atomic E-state index is 0.0809. The predicted octanol–water partition coefficient (Wildman–Crippen LogP) is 6.51. The van der Waals surface area contributed by atoms with Crippen molar-refractivity contribution < 1.29 is 19.4 Å². The molecule has 9 heteroatoms. The van der Waals surface area contributed by atoms with E-state index in [1.54, 1.807) is 0 Å². The van der Waals surface area contributed by atoms with E-state index in [1.807, 2.05) is 30.3 Å². The number of carbonyl (C=O) groups is 2. The first-order chi connectivity index (χ1) is 18.4. The van der Waals surface area contributed by atoms with Crippen molar-refractivity contribution in [1.82, 2.24) is 4.90 Å². The molecular weight excluding hydrogens is 525 g/mol. The van der Waals surface area contributed by atoms with Gasteiger partial charge in [0.05, 0.1) is 22.3 Å². The summed E-state index contributed by atoms with van der Waals surface area (Å²) in [5.41, 5.74) is 3.10. The fraction of sp³-hybridized carbons (Fsp3) is 0.517. The number of hydrogen-bond acceptors (Lipinski definition) is 5. The molecule has 0 unspecified atom stereocenters. The maximum atomic E-state index is 11.5.